The summed E-state index contributed by atoms with van der Waals surface area (Å²) >= 11 is -3.20. The molecule has 0 spiro atoms. The van der Waals surface area contributed by atoms with Crippen molar-refractivity contribution in [2.24, 2.45) is 0 Å². The zero-order valence-electron chi connectivity index (χ0n) is 25.9. The predicted octanol–water partition coefficient (Wildman–Crippen LogP) is 9.08. The number of carbonyl (C=O) groups excluding carboxylic acids is 1. The second-order valence-electron chi connectivity index (χ2n) is 11.4. The molecule has 232 valence electrons. The van der Waals surface area contributed by atoms with E-state index in [1.807, 2.05) is 23.1 Å². The van der Waals surface area contributed by atoms with Crippen LogP contribution in [0, 0.1) is 0 Å². The number of amides is 1. The van der Waals surface area contributed by atoms with Crippen molar-refractivity contribution in [3.63, 3.8) is 0 Å². The van der Waals surface area contributed by atoms with Crippen molar-refractivity contribution in [2.45, 2.75) is 104 Å². The number of likely N-dealkylation sites (tertiary alicyclic amines) is 1. The van der Waals surface area contributed by atoms with Crippen molar-refractivity contribution in [1.29, 1.82) is 0 Å². The fraction of sp³-hybridized carbons (Fsp3) is 0.576. The molecule has 1 fully saturated rings. The third kappa shape index (κ3) is 8.66. The molecule has 1 atom stereocenters. The van der Waals surface area contributed by atoms with Crippen molar-refractivity contribution < 1.29 is 27.4 Å². The molecule has 42 heavy (non-hydrogen) atoms. The Labute approximate surface area is 253 Å². The first-order chi connectivity index (χ1) is 20.1. The number of ether oxygens (including phenoxy) is 2. The number of halogens is 3. The van der Waals surface area contributed by atoms with E-state index in [2.05, 4.69) is 31.8 Å². The van der Waals surface area contributed by atoms with Gasteiger partial charge in [-0.05, 0) is 0 Å². The molecule has 0 aliphatic carbocycles. The Kier molecular flexibility index (Phi) is 13.1. The molecular formula is C33H47F3N2O3Sn. The molecule has 0 bridgehead atoms. The van der Waals surface area contributed by atoms with Crippen molar-refractivity contribution in [3.05, 3.63) is 59.4 Å². The number of pyridine rings is 1. The monoisotopic (exact) mass is 696 g/mol. The molecule has 9 heteroatoms. The molecular weight excluding hydrogens is 648 g/mol. The van der Waals surface area contributed by atoms with Crippen LogP contribution in [0.2, 0.25) is 13.3 Å². The van der Waals surface area contributed by atoms with Gasteiger partial charge in [0.05, 0.1) is 0 Å². The SMILES string of the molecule is CCC[CH2][Sn]([CH2]CCC)([CH2]CCC)/[C](=C/[C@H]1CCC(=O)N1Cc1ccc(OC)cc1OC)c1ccc(C(F)(F)F)cn1. The van der Waals surface area contributed by atoms with Gasteiger partial charge in [0, 0.05) is 0 Å². The van der Waals surface area contributed by atoms with Crippen molar-refractivity contribution in [3.8, 4) is 11.5 Å². The zero-order chi connectivity index (χ0) is 30.8. The maximum absolute atomic E-state index is 13.5. The Hall–Kier alpha value is -2.23. The van der Waals surface area contributed by atoms with Crippen molar-refractivity contribution >= 4 is 27.9 Å². The normalized spacial score (nSPS) is 16.3. The third-order valence-electron chi connectivity index (χ3n) is 8.53. The topological polar surface area (TPSA) is 51.7 Å². The van der Waals surface area contributed by atoms with Crippen LogP contribution >= 0.6 is 0 Å². The number of unbranched alkanes of at least 4 members (excludes halogenated alkanes) is 3. The van der Waals surface area contributed by atoms with E-state index < -0.39 is 30.1 Å². The number of aromatic nitrogens is 1. The fourth-order valence-corrected chi connectivity index (χ4v) is 22.9. The maximum atomic E-state index is 13.5. The summed E-state index contributed by atoms with van der Waals surface area (Å²) in [5.74, 6) is 1.41. The molecule has 3 rings (SSSR count). The number of carbonyl (C=O) groups is 1. The molecule has 0 unspecified atom stereocenters. The molecule has 5 nitrogen and oxygen atoms in total. The molecule has 2 aromatic rings. The van der Waals surface area contributed by atoms with Crippen LogP contribution in [0.1, 0.15) is 89.0 Å². The molecule has 1 aliphatic heterocycles. The molecule has 1 aliphatic rings. The van der Waals surface area contributed by atoms with Gasteiger partial charge < -0.3 is 0 Å². The quantitative estimate of drug-likeness (QED) is 0.165. The summed E-state index contributed by atoms with van der Waals surface area (Å²) in [6, 6.07) is 8.21. The number of hydrogen-bond acceptors (Lipinski definition) is 4. The van der Waals surface area contributed by atoms with E-state index in [0.717, 1.165) is 63.6 Å². The van der Waals surface area contributed by atoms with Crippen molar-refractivity contribution in [1.82, 2.24) is 9.88 Å². The van der Waals surface area contributed by atoms with Gasteiger partial charge in [0.1, 0.15) is 0 Å². The van der Waals surface area contributed by atoms with E-state index >= 15 is 0 Å². The molecule has 0 N–H and O–H groups in total. The third-order valence-corrected chi connectivity index (χ3v) is 24.2. The van der Waals surface area contributed by atoms with Crippen LogP contribution in [0.25, 0.3) is 3.59 Å². The molecule has 1 saturated heterocycles. The summed E-state index contributed by atoms with van der Waals surface area (Å²) in [4.78, 5) is 19.6. The number of alkyl halides is 3. The molecule has 2 heterocycles. The molecule has 0 saturated carbocycles. The molecule has 0 radical (unpaired) electrons. The number of methoxy groups -OCH3 is 2. The van der Waals surface area contributed by atoms with E-state index in [1.165, 1.54) is 9.66 Å². The van der Waals surface area contributed by atoms with Gasteiger partial charge in [0.15, 0.2) is 0 Å². The van der Waals surface area contributed by atoms with E-state index in [0.29, 0.717) is 36.6 Å². The summed E-state index contributed by atoms with van der Waals surface area (Å²) in [6.45, 7) is 7.00. The first-order valence-corrected chi connectivity index (χ1v) is 22.9. The van der Waals surface area contributed by atoms with Crippen LogP contribution in [0.3, 0.4) is 0 Å². The van der Waals surface area contributed by atoms with E-state index in [9.17, 15) is 18.0 Å². The van der Waals surface area contributed by atoms with Crippen LogP contribution in [0.5, 0.6) is 11.5 Å². The summed E-state index contributed by atoms with van der Waals surface area (Å²) in [7, 11) is 3.21. The Bertz CT molecular complexity index is 1160. The fourth-order valence-electron chi connectivity index (χ4n) is 6.07. The van der Waals surface area contributed by atoms with Gasteiger partial charge in [-0.1, -0.05) is 0 Å². The van der Waals surface area contributed by atoms with E-state index in [1.54, 1.807) is 20.3 Å². The minimum atomic E-state index is -4.44. The van der Waals surface area contributed by atoms with Crippen LogP contribution in [-0.2, 0) is 17.5 Å². The Balaban J connectivity index is 2.14. The van der Waals surface area contributed by atoms with Gasteiger partial charge in [0.2, 0.25) is 0 Å². The van der Waals surface area contributed by atoms with E-state index in [4.69, 9.17) is 9.47 Å². The predicted molar refractivity (Wildman–Crippen MR) is 165 cm³/mol. The molecule has 1 amide bonds. The van der Waals surface area contributed by atoms with Crippen molar-refractivity contribution in [2.75, 3.05) is 14.2 Å². The second kappa shape index (κ2) is 16.0. The number of benzene rings is 1. The summed E-state index contributed by atoms with van der Waals surface area (Å²) in [5, 5.41) is 0. The van der Waals surface area contributed by atoms with Gasteiger partial charge in [0.25, 0.3) is 0 Å². The van der Waals surface area contributed by atoms with E-state index in [-0.39, 0.29) is 11.9 Å². The first-order valence-electron chi connectivity index (χ1n) is 15.4. The Morgan fingerprint density at radius 2 is 1.64 bits per heavy atom. The second-order valence-corrected chi connectivity index (χ2v) is 24.5. The number of hydrogen-bond donors (Lipinski definition) is 0. The van der Waals surface area contributed by atoms with Gasteiger partial charge >= 0.3 is 255 Å². The van der Waals surface area contributed by atoms with Gasteiger partial charge in [-0.3, -0.25) is 0 Å². The van der Waals surface area contributed by atoms with Crippen LogP contribution < -0.4 is 9.47 Å². The summed E-state index contributed by atoms with van der Waals surface area (Å²) < 4.78 is 56.1. The standard InChI is InChI=1S/C21H20F3N2O3.3C4H9.Sn/c1-28-18-9-3-14(19(11-18)29-2)13-26-17(8-10-20(26)27)7-6-16-5-4-15(12-25-16)21(22,23)24;3*1-3-4-2;/h3-5,7,9,11-12,17H,8,10,13H2,1-2H3;3*1,3-4H2,2H3;/t17-;;;;/m0..../s1. The van der Waals surface area contributed by atoms with Gasteiger partial charge in [-0.15, -0.1) is 0 Å². The number of nitrogens with zero attached hydrogens (tertiary/aromatic N) is 2. The van der Waals surface area contributed by atoms with Gasteiger partial charge in [-0.25, -0.2) is 0 Å². The molecule has 1 aromatic carbocycles. The Morgan fingerprint density at radius 1 is 1.00 bits per heavy atom. The minimum absolute atomic E-state index is 0.0744. The average molecular weight is 695 g/mol. The average Bonchev–Trinajstić information content (AvgIpc) is 3.33. The first kappa shape index (κ1) is 34.3. The number of rotatable bonds is 16. The van der Waals surface area contributed by atoms with Crippen LogP contribution in [0.4, 0.5) is 13.2 Å². The zero-order valence-corrected chi connectivity index (χ0v) is 28.7. The van der Waals surface area contributed by atoms with Crippen LogP contribution in [-0.4, -0.2) is 54.4 Å². The van der Waals surface area contributed by atoms with Crippen LogP contribution in [0.15, 0.2) is 42.6 Å². The molecule has 1 aromatic heterocycles. The summed E-state index contributed by atoms with van der Waals surface area (Å²) in [5.41, 5.74) is 0.827. The van der Waals surface area contributed by atoms with Gasteiger partial charge in [-0.2, -0.15) is 0 Å². The Morgan fingerprint density at radius 3 is 2.14 bits per heavy atom. The summed E-state index contributed by atoms with van der Waals surface area (Å²) in [6.07, 6.45) is 6.49.